The van der Waals surface area contributed by atoms with E-state index in [4.69, 9.17) is 28.4 Å². The molecule has 0 bridgehead atoms. The Morgan fingerprint density at radius 3 is 1.37 bits per heavy atom. The SMILES string of the molecule is CC(c1ccc(OCC2CO2)cc1)(c1ccc(OCC2CO2)cc1)c1ccc(OC2COC2)cc1. The summed E-state index contributed by atoms with van der Waals surface area (Å²) in [6.07, 6.45) is 0.619. The third-order valence-electron chi connectivity index (χ3n) is 6.88. The lowest BCUT2D eigenvalue weighted by atomic mass is 9.71. The predicted molar refractivity (Wildman–Crippen MR) is 131 cm³/mol. The third-order valence-corrected chi connectivity index (χ3v) is 6.88. The molecule has 3 aromatic rings. The van der Waals surface area contributed by atoms with E-state index in [1.807, 2.05) is 36.4 Å². The van der Waals surface area contributed by atoms with Crippen molar-refractivity contribution in [3.8, 4) is 17.2 Å². The maximum absolute atomic E-state index is 5.98. The highest BCUT2D eigenvalue weighted by Crippen LogP contribution is 2.40. The Labute approximate surface area is 205 Å². The van der Waals surface area contributed by atoms with Crippen molar-refractivity contribution in [2.75, 3.05) is 39.6 Å². The fraction of sp³-hybridized carbons (Fsp3) is 0.379. The Morgan fingerprint density at radius 1 is 0.629 bits per heavy atom. The first kappa shape index (κ1) is 22.4. The smallest absolute Gasteiger partial charge is 0.145 e. The van der Waals surface area contributed by atoms with E-state index in [1.54, 1.807) is 0 Å². The molecular formula is C29H30O6. The first-order chi connectivity index (χ1) is 17.2. The number of benzene rings is 3. The van der Waals surface area contributed by atoms with Gasteiger partial charge in [-0.1, -0.05) is 36.4 Å². The number of rotatable bonds is 11. The molecule has 182 valence electrons. The van der Waals surface area contributed by atoms with Crippen LogP contribution in [0.3, 0.4) is 0 Å². The van der Waals surface area contributed by atoms with Crippen LogP contribution < -0.4 is 14.2 Å². The van der Waals surface area contributed by atoms with Crippen molar-refractivity contribution in [2.24, 2.45) is 0 Å². The molecule has 0 amide bonds. The zero-order valence-corrected chi connectivity index (χ0v) is 19.9. The molecule has 0 radical (unpaired) electrons. The molecule has 3 aliphatic heterocycles. The fourth-order valence-electron chi connectivity index (χ4n) is 4.32. The molecule has 2 unspecified atom stereocenters. The largest absolute Gasteiger partial charge is 0.491 e. The van der Waals surface area contributed by atoms with E-state index < -0.39 is 0 Å². The van der Waals surface area contributed by atoms with Crippen LogP contribution in [0.15, 0.2) is 72.8 Å². The molecule has 0 aromatic heterocycles. The van der Waals surface area contributed by atoms with Crippen LogP contribution >= 0.6 is 0 Å². The summed E-state index contributed by atoms with van der Waals surface area (Å²) in [6.45, 7) is 6.33. The minimum absolute atomic E-state index is 0.148. The molecule has 3 saturated heterocycles. The zero-order valence-electron chi connectivity index (χ0n) is 19.9. The van der Waals surface area contributed by atoms with Gasteiger partial charge in [-0.25, -0.2) is 0 Å². The van der Waals surface area contributed by atoms with E-state index in [0.29, 0.717) is 26.4 Å². The van der Waals surface area contributed by atoms with Gasteiger partial charge in [0.25, 0.3) is 0 Å². The van der Waals surface area contributed by atoms with E-state index in [9.17, 15) is 0 Å². The Balaban J connectivity index is 1.28. The van der Waals surface area contributed by atoms with Gasteiger partial charge in [0.15, 0.2) is 0 Å². The van der Waals surface area contributed by atoms with Gasteiger partial charge >= 0.3 is 0 Å². The molecule has 6 heteroatoms. The quantitative estimate of drug-likeness (QED) is 0.304. The highest BCUT2D eigenvalue weighted by Gasteiger charge is 2.32. The maximum Gasteiger partial charge on any atom is 0.145 e. The van der Waals surface area contributed by atoms with Crippen LogP contribution in [0.4, 0.5) is 0 Å². The molecular weight excluding hydrogens is 444 g/mol. The van der Waals surface area contributed by atoms with Crippen LogP contribution in [0.5, 0.6) is 17.2 Å². The molecule has 2 atom stereocenters. The number of epoxide rings is 2. The minimum atomic E-state index is -0.381. The third kappa shape index (κ3) is 5.15. The first-order valence-corrected chi connectivity index (χ1v) is 12.2. The first-order valence-electron chi connectivity index (χ1n) is 12.2. The van der Waals surface area contributed by atoms with Crippen LogP contribution in [-0.2, 0) is 19.6 Å². The fourth-order valence-corrected chi connectivity index (χ4v) is 4.32. The van der Waals surface area contributed by atoms with Crippen LogP contribution in [0.25, 0.3) is 0 Å². The molecule has 3 heterocycles. The Morgan fingerprint density at radius 2 is 1.03 bits per heavy atom. The normalized spacial score (nSPS) is 22.5. The average Bonchev–Trinajstić information content (AvgIpc) is 3.80. The van der Waals surface area contributed by atoms with Crippen LogP contribution in [0.1, 0.15) is 23.6 Å². The summed E-state index contributed by atoms with van der Waals surface area (Å²) < 4.78 is 33.5. The van der Waals surface area contributed by atoms with Gasteiger partial charge in [-0.05, 0) is 60.0 Å². The van der Waals surface area contributed by atoms with E-state index in [0.717, 1.165) is 30.5 Å². The van der Waals surface area contributed by atoms with Gasteiger partial charge < -0.3 is 28.4 Å². The van der Waals surface area contributed by atoms with Crippen LogP contribution in [-0.4, -0.2) is 58.0 Å². The van der Waals surface area contributed by atoms with Crippen molar-refractivity contribution in [1.82, 2.24) is 0 Å². The van der Waals surface area contributed by atoms with Crippen molar-refractivity contribution >= 4 is 0 Å². The number of hydrogen-bond donors (Lipinski definition) is 0. The van der Waals surface area contributed by atoms with E-state index in [1.165, 1.54) is 16.7 Å². The molecule has 0 spiro atoms. The second-order valence-corrected chi connectivity index (χ2v) is 9.51. The number of hydrogen-bond acceptors (Lipinski definition) is 6. The van der Waals surface area contributed by atoms with E-state index in [-0.39, 0.29) is 23.7 Å². The van der Waals surface area contributed by atoms with Gasteiger partial charge in [0.2, 0.25) is 0 Å². The lowest BCUT2D eigenvalue weighted by molar-refractivity contribution is -0.0796. The highest BCUT2D eigenvalue weighted by atomic mass is 16.6. The van der Waals surface area contributed by atoms with Crippen LogP contribution in [0, 0.1) is 0 Å². The molecule has 3 fully saturated rings. The summed E-state index contributed by atoms with van der Waals surface area (Å²) in [6, 6.07) is 25.1. The Hall–Kier alpha value is -3.06. The summed E-state index contributed by atoms with van der Waals surface area (Å²) in [7, 11) is 0. The van der Waals surface area contributed by atoms with E-state index >= 15 is 0 Å². The standard InChI is InChI=1S/C29H30O6/c1-29(20-2-8-23(9-3-20)31-16-26-18-33-26,21-4-10-24(11-5-21)32-17-27-19-34-27)22-6-12-25(13-7-22)35-28-14-30-15-28/h2-13,26-28H,14-19H2,1H3. The maximum atomic E-state index is 5.98. The van der Waals surface area contributed by atoms with Gasteiger partial charge in [-0.2, -0.15) is 0 Å². The lowest BCUT2D eigenvalue weighted by Crippen LogP contribution is -2.38. The zero-order chi connectivity index (χ0) is 23.7. The minimum Gasteiger partial charge on any atom is -0.491 e. The van der Waals surface area contributed by atoms with Crippen molar-refractivity contribution in [3.05, 3.63) is 89.5 Å². The molecule has 6 rings (SSSR count). The van der Waals surface area contributed by atoms with Gasteiger partial charge in [0.05, 0.1) is 26.4 Å². The van der Waals surface area contributed by atoms with Crippen molar-refractivity contribution in [2.45, 2.75) is 30.7 Å². The predicted octanol–water partition coefficient (Wildman–Crippen LogP) is 4.37. The summed E-state index contributed by atoms with van der Waals surface area (Å²) in [5, 5.41) is 0. The molecule has 0 saturated carbocycles. The Bertz CT molecular complexity index is 1050. The van der Waals surface area contributed by atoms with Gasteiger partial charge in [0, 0.05) is 5.41 Å². The second-order valence-electron chi connectivity index (χ2n) is 9.51. The lowest BCUT2D eigenvalue weighted by Gasteiger charge is -2.32. The topological polar surface area (TPSA) is 62.0 Å². The average molecular weight is 475 g/mol. The van der Waals surface area contributed by atoms with Crippen molar-refractivity contribution in [1.29, 1.82) is 0 Å². The molecule has 35 heavy (non-hydrogen) atoms. The molecule has 6 nitrogen and oxygen atoms in total. The van der Waals surface area contributed by atoms with Gasteiger partial charge in [0.1, 0.15) is 48.8 Å². The summed E-state index contributed by atoms with van der Waals surface area (Å²) in [5.74, 6) is 2.56. The summed E-state index contributed by atoms with van der Waals surface area (Å²) in [5.41, 5.74) is 3.14. The molecule has 3 aliphatic rings. The molecule has 0 aliphatic carbocycles. The summed E-state index contributed by atoms with van der Waals surface area (Å²) >= 11 is 0. The summed E-state index contributed by atoms with van der Waals surface area (Å²) in [4.78, 5) is 0. The highest BCUT2D eigenvalue weighted by molar-refractivity contribution is 5.52. The molecule has 3 aromatic carbocycles. The molecule has 0 N–H and O–H groups in total. The van der Waals surface area contributed by atoms with Crippen molar-refractivity contribution in [3.63, 3.8) is 0 Å². The van der Waals surface area contributed by atoms with E-state index in [2.05, 4.69) is 43.3 Å². The van der Waals surface area contributed by atoms with Crippen molar-refractivity contribution < 1.29 is 28.4 Å². The monoisotopic (exact) mass is 474 g/mol. The van der Waals surface area contributed by atoms with Gasteiger partial charge in [-0.3, -0.25) is 0 Å². The van der Waals surface area contributed by atoms with Gasteiger partial charge in [-0.15, -0.1) is 0 Å². The van der Waals surface area contributed by atoms with Crippen LogP contribution in [0.2, 0.25) is 0 Å². The number of ether oxygens (including phenoxy) is 6. The Kier molecular flexibility index (Phi) is 6.10. The second kappa shape index (κ2) is 9.53.